The van der Waals surface area contributed by atoms with Gasteiger partial charge in [-0.2, -0.15) is 11.8 Å². The third-order valence-electron chi connectivity index (χ3n) is 24.8. The molecular formula is C96H144N22O24S. The second-order valence-corrected chi connectivity index (χ2v) is 38.7. The number of phenolic OH excluding ortho intramolecular Hbond substituents is 2. The number of hydrogen-bond donors (Lipinski definition) is 23. The molecule has 0 aliphatic carbocycles. The maximum absolute atomic E-state index is 15.0. The van der Waals surface area contributed by atoms with Gasteiger partial charge < -0.3 is 132 Å². The molecule has 46 nitrogen and oxygen atoms in total. The zero-order valence-electron chi connectivity index (χ0n) is 82.8. The summed E-state index contributed by atoms with van der Waals surface area (Å²) < 4.78 is 0. The number of nitrogens with one attached hydrogen (secondary N) is 15. The zero-order valence-corrected chi connectivity index (χ0v) is 83.6. The van der Waals surface area contributed by atoms with E-state index in [4.69, 9.17) is 28.3 Å². The van der Waals surface area contributed by atoms with Crippen LogP contribution >= 0.6 is 11.8 Å². The number of carboxylic acid groups (broad SMARTS) is 2. The molecule has 3 aromatic carbocycles. The lowest BCUT2D eigenvalue weighted by Gasteiger charge is -2.33. The number of thioether (sulfide) groups is 1. The molecule has 3 aliphatic rings. The van der Waals surface area contributed by atoms with Gasteiger partial charge in [-0.25, -0.2) is 4.79 Å². The quantitative estimate of drug-likeness (QED) is 0.0160. The van der Waals surface area contributed by atoms with Crippen molar-refractivity contribution in [1.29, 1.82) is 5.41 Å². The van der Waals surface area contributed by atoms with Crippen LogP contribution in [-0.2, 0) is 115 Å². The minimum absolute atomic E-state index is 0.00132. The lowest BCUT2D eigenvalue weighted by Crippen LogP contribution is -2.61. The first-order valence-corrected chi connectivity index (χ1v) is 49.7. The highest BCUT2D eigenvalue weighted by Gasteiger charge is 2.47. The molecule has 3 heterocycles. The van der Waals surface area contributed by atoms with Gasteiger partial charge in [-0.1, -0.05) is 116 Å². The van der Waals surface area contributed by atoms with E-state index in [1.54, 1.807) is 92.0 Å². The molecule has 0 radical (unpaired) electrons. The van der Waals surface area contributed by atoms with Crippen molar-refractivity contribution in [3.05, 3.63) is 95.6 Å². The summed E-state index contributed by atoms with van der Waals surface area (Å²) in [5.74, 6) is -21.3. The Morgan fingerprint density at radius 1 is 0.413 bits per heavy atom. The Labute approximate surface area is 835 Å². The topological polar surface area (TPSA) is 728 Å². The monoisotopic (exact) mass is 2020 g/mol. The van der Waals surface area contributed by atoms with Crippen LogP contribution in [0.4, 0.5) is 0 Å². The number of aromatic hydroxyl groups is 2. The van der Waals surface area contributed by atoms with Crippen molar-refractivity contribution in [2.75, 3.05) is 38.2 Å². The number of hydrogen-bond acceptors (Lipinski definition) is 25. The van der Waals surface area contributed by atoms with Gasteiger partial charge >= 0.3 is 11.9 Å². The maximum Gasteiger partial charge on any atom is 0.326 e. The van der Waals surface area contributed by atoms with Gasteiger partial charge in [-0.3, -0.25) is 96.5 Å². The summed E-state index contributed by atoms with van der Waals surface area (Å²) in [5, 5.41) is 84.5. The van der Waals surface area contributed by atoms with Gasteiger partial charge in [0.05, 0.1) is 12.5 Å². The van der Waals surface area contributed by atoms with Gasteiger partial charge in [-0.15, -0.1) is 0 Å². The largest absolute Gasteiger partial charge is 0.508 e. The highest BCUT2D eigenvalue weighted by atomic mass is 32.2. The number of carboxylic acids is 2. The van der Waals surface area contributed by atoms with Crippen molar-refractivity contribution >= 4 is 136 Å². The van der Waals surface area contributed by atoms with E-state index in [2.05, 4.69) is 74.4 Å². The van der Waals surface area contributed by atoms with E-state index in [0.29, 0.717) is 23.1 Å². The molecule has 788 valence electrons. The zero-order chi connectivity index (χ0) is 106. The molecule has 143 heavy (non-hydrogen) atoms. The van der Waals surface area contributed by atoms with Gasteiger partial charge in [0.2, 0.25) is 106 Å². The molecule has 3 aromatic rings. The summed E-state index contributed by atoms with van der Waals surface area (Å²) in [7, 11) is 0. The second-order valence-electron chi connectivity index (χ2n) is 37.7. The Morgan fingerprint density at radius 2 is 0.797 bits per heavy atom. The number of aliphatic carboxylic acids is 2. The van der Waals surface area contributed by atoms with Crippen molar-refractivity contribution in [3.8, 4) is 11.5 Å². The predicted molar refractivity (Wildman–Crippen MR) is 524 cm³/mol. The average Bonchev–Trinajstić information content (AvgIpc) is 1.68. The van der Waals surface area contributed by atoms with E-state index in [1.807, 2.05) is 0 Å². The number of primary amides is 2. The smallest absolute Gasteiger partial charge is 0.326 e. The SMILES string of the molecule is CC[C@H](C)[C@H](NC(=O)[C@@H]1CCCN1C(=O)[C@H](CCSC)NC(=O)[C@H](CC(=O)O)NC(=O)[C@H](CCCNC(=N)N)NC(=O)[C@H](CCC(N)=O)NC(=O)[C@@H]1CCCN1C(=O)[C@H](Cc1ccc(O)cc1)NC(=O)[C@@H]1CCCN1C(=O)[C@@H](NC(=O)[C@H](C)N)C(C)C)C(=O)N[C@@H](CCC(N)=O)C(=O)N[C@@H](C)C(=O)N[C@@H](Cc1ccccc1)C(=O)N[C@@H](CC(C)C)C(=O)N[C@@H](CC(C)C)C(=O)N[C@@H](Cc1ccc(O)cc1)C(=O)O. The Morgan fingerprint density at radius 3 is 1.25 bits per heavy atom. The Balaban J connectivity index is 1.17. The molecule has 47 heteroatoms. The highest BCUT2D eigenvalue weighted by molar-refractivity contribution is 7.98. The Kier molecular flexibility index (Phi) is 47.8. The molecule has 3 fully saturated rings. The van der Waals surface area contributed by atoms with E-state index in [-0.39, 0.29) is 145 Å². The molecule has 0 saturated carbocycles. The molecule has 0 unspecified atom stereocenters. The summed E-state index contributed by atoms with van der Waals surface area (Å²) in [6.45, 7) is 16.4. The van der Waals surface area contributed by atoms with Crippen molar-refractivity contribution < 1.29 is 116 Å². The molecule has 0 aromatic heterocycles. The van der Waals surface area contributed by atoms with Gasteiger partial charge in [-0.05, 0) is 174 Å². The van der Waals surface area contributed by atoms with Gasteiger partial charge in [0.1, 0.15) is 108 Å². The average molecular weight is 2020 g/mol. The summed E-state index contributed by atoms with van der Waals surface area (Å²) in [5.41, 5.74) is 24.0. The predicted octanol–water partition coefficient (Wildman–Crippen LogP) is -2.33. The van der Waals surface area contributed by atoms with Crippen molar-refractivity contribution in [2.24, 2.45) is 46.6 Å². The number of benzene rings is 3. The summed E-state index contributed by atoms with van der Waals surface area (Å²) >= 11 is 1.24. The number of nitrogens with zero attached hydrogens (tertiary/aromatic N) is 3. The highest BCUT2D eigenvalue weighted by Crippen LogP contribution is 2.27. The van der Waals surface area contributed by atoms with Crippen LogP contribution in [0.3, 0.4) is 0 Å². The molecule has 18 atom stereocenters. The third kappa shape index (κ3) is 38.2. The fraction of sp³-hybridized carbons (Fsp3) is 0.594. The van der Waals surface area contributed by atoms with Crippen molar-refractivity contribution in [2.45, 2.75) is 300 Å². The van der Waals surface area contributed by atoms with E-state index >= 15 is 9.59 Å². The number of nitrogens with two attached hydrogens (primary N) is 4. The van der Waals surface area contributed by atoms with E-state index in [0.717, 1.165) is 4.90 Å². The molecule has 18 amide bonds. The number of carbonyl (C=O) groups is 20. The number of amides is 18. The van der Waals surface area contributed by atoms with Crippen LogP contribution < -0.4 is 97.4 Å². The summed E-state index contributed by atoms with van der Waals surface area (Å²) in [6, 6.07) is -4.58. The van der Waals surface area contributed by atoms with Crippen LogP contribution in [0.15, 0.2) is 78.9 Å². The van der Waals surface area contributed by atoms with Crippen LogP contribution in [0, 0.1) is 29.1 Å². The van der Waals surface area contributed by atoms with Crippen LogP contribution in [0.5, 0.6) is 11.5 Å². The van der Waals surface area contributed by atoms with Crippen LogP contribution in [0.2, 0.25) is 0 Å². The fourth-order valence-electron chi connectivity index (χ4n) is 16.7. The van der Waals surface area contributed by atoms with E-state index < -0.39 is 271 Å². The number of guanidine groups is 1. The summed E-state index contributed by atoms with van der Waals surface area (Å²) in [6.07, 6.45) is -1.31. The first kappa shape index (κ1) is 118. The van der Waals surface area contributed by atoms with Gasteiger partial charge in [0, 0.05) is 58.3 Å². The molecule has 3 aliphatic heterocycles. The van der Waals surface area contributed by atoms with Crippen molar-refractivity contribution in [1.82, 2.24) is 89.1 Å². The summed E-state index contributed by atoms with van der Waals surface area (Å²) in [4.78, 5) is 286. The first-order chi connectivity index (χ1) is 67.5. The number of phenols is 2. The number of carbonyl (C=O) groups excluding carboxylic acids is 18. The molecule has 6 rings (SSSR count). The maximum atomic E-state index is 15.0. The van der Waals surface area contributed by atoms with Gasteiger partial charge in [0.15, 0.2) is 5.96 Å². The minimum Gasteiger partial charge on any atom is -0.508 e. The van der Waals surface area contributed by atoms with Crippen LogP contribution in [0.1, 0.15) is 195 Å². The normalized spacial score (nSPS) is 17.6. The lowest BCUT2D eigenvalue weighted by molar-refractivity contribution is -0.145. The third-order valence-corrected chi connectivity index (χ3v) is 25.4. The molecule has 3 saturated heterocycles. The Hall–Kier alpha value is -13.8. The molecule has 0 bridgehead atoms. The van der Waals surface area contributed by atoms with Crippen molar-refractivity contribution in [3.63, 3.8) is 0 Å². The fourth-order valence-corrected chi connectivity index (χ4v) is 17.2. The van der Waals surface area contributed by atoms with E-state index in [1.165, 1.54) is 83.9 Å². The second kappa shape index (κ2) is 58.0. The lowest BCUT2D eigenvalue weighted by atomic mass is 9.96. The van der Waals surface area contributed by atoms with Gasteiger partial charge in [0.25, 0.3) is 0 Å². The standard InChI is InChI=1S/C96H144N22O24S/c1-12-53(8)78(91(137)106-62(34-36-74(98)121)81(127)103-55(10)80(126)108-67(46-56-20-14-13-15-21-56)86(132)110-65(44-50(2)3)84(130)109-66(45-51(4)5)85(131)113-70(95(141)142)48-58-28-32-60(120)33-29-58)115-90(136)73-25-18-40-116(73)92(138)64(38-43-143-11)107-87(133)68(49-76(123)124)111-82(128)61(22-16-39-102-96(100)101)104-83(129)63(35-37-75(99)122)105-88(134)71-23-17-41-117(71)93(139)69(47-57-26-30-59(119)31-27-57)112-89(135)72-24-19-42-118(72)94(140)77(52(6)7)114-79(125)54(9)97/h13-15,20-21,26-33,50-55,61-73,77-78,119-120H,12,16-19,22-25,34-49,97H2,1-11H3,(H2,98,121)(H2,99,122)(H,103,127)(H,104,129)(H,105,134)(H,106,137)(H,107,133)(H,108,126)(H,109,130)(H,110,132)(H,111,128)(H,112,135)(H,113,131)(H,114,125)(H,115,136)(H,123,124)(H,141,142)(H4,100,101,102)/t53-,54-,55-,61-,62-,63-,64-,65-,66-,67-,68-,69-,70-,71-,72-,73-,77-,78-/m0/s1. The minimum atomic E-state index is -2.03. The first-order valence-electron chi connectivity index (χ1n) is 48.3. The number of rotatable bonds is 58. The van der Waals surface area contributed by atoms with Crippen LogP contribution in [-0.4, -0.2) is 300 Å². The molecular weight excluding hydrogens is 1880 g/mol. The Bertz CT molecular complexity index is 4940. The number of likely N-dealkylation sites (tertiary alicyclic amines) is 3. The van der Waals surface area contributed by atoms with E-state index in [9.17, 15) is 107 Å². The van der Waals surface area contributed by atoms with Crippen LogP contribution in [0.25, 0.3) is 0 Å². The molecule has 0 spiro atoms. The molecule has 27 N–H and O–H groups in total.